The van der Waals surface area contributed by atoms with Crippen molar-refractivity contribution in [3.63, 3.8) is 0 Å². The molecule has 0 saturated heterocycles. The van der Waals surface area contributed by atoms with Crippen molar-refractivity contribution in [2.24, 2.45) is 5.73 Å². The van der Waals surface area contributed by atoms with E-state index in [0.717, 1.165) is 31.8 Å². The Kier molecular flexibility index (Phi) is 7.34. The van der Waals surface area contributed by atoms with Gasteiger partial charge >= 0.3 is 0 Å². The highest BCUT2D eigenvalue weighted by Crippen LogP contribution is 2.15. The zero-order valence-corrected chi connectivity index (χ0v) is 9.93. The van der Waals surface area contributed by atoms with Gasteiger partial charge in [-0.25, -0.2) is 0 Å². The molecule has 0 saturated carbocycles. The van der Waals surface area contributed by atoms with Crippen LogP contribution in [0.25, 0.3) is 0 Å². The first-order valence-electron chi connectivity index (χ1n) is 5.52. The molecule has 0 aliphatic rings. The maximum Gasteiger partial charge on any atom is 0.0106 e. The van der Waals surface area contributed by atoms with E-state index < -0.39 is 0 Å². The number of rotatable bonds is 8. The third-order valence-corrected chi connectivity index (χ3v) is 3.11. The molecule has 0 aliphatic heterocycles. The number of unbranched alkanes of at least 4 members (excludes halogenated alkanes) is 1. The summed E-state index contributed by atoms with van der Waals surface area (Å²) >= 11 is 1.90. The Balaban J connectivity index is 1.93. The lowest BCUT2D eigenvalue weighted by Crippen LogP contribution is -2.19. The van der Waals surface area contributed by atoms with Gasteiger partial charge in [-0.15, -0.1) is 11.8 Å². The molecule has 84 valence electrons. The number of hydrogen-bond donors (Lipinski definition) is 2. The highest BCUT2D eigenvalue weighted by atomic mass is 32.2. The van der Waals surface area contributed by atoms with Crippen LogP contribution < -0.4 is 11.1 Å². The lowest BCUT2D eigenvalue weighted by atomic mass is 10.3. The predicted octanol–water partition coefficient (Wildman–Crippen LogP) is 2.11. The summed E-state index contributed by atoms with van der Waals surface area (Å²) in [6, 6.07) is 10.5. The van der Waals surface area contributed by atoms with Crippen molar-refractivity contribution in [2.75, 3.05) is 25.4 Å². The summed E-state index contributed by atoms with van der Waals surface area (Å²) in [5.74, 6) is 1.13. The Labute approximate surface area is 96.6 Å². The summed E-state index contributed by atoms with van der Waals surface area (Å²) < 4.78 is 0. The normalized spacial score (nSPS) is 10.5. The van der Waals surface area contributed by atoms with Crippen LogP contribution in [0.5, 0.6) is 0 Å². The van der Waals surface area contributed by atoms with Crippen LogP contribution in [-0.2, 0) is 0 Å². The first-order valence-corrected chi connectivity index (χ1v) is 6.50. The van der Waals surface area contributed by atoms with E-state index in [4.69, 9.17) is 5.73 Å². The first kappa shape index (κ1) is 12.6. The molecule has 0 aliphatic carbocycles. The van der Waals surface area contributed by atoms with Crippen molar-refractivity contribution >= 4 is 11.8 Å². The average molecular weight is 224 g/mol. The molecular formula is C12H20N2S. The lowest BCUT2D eigenvalue weighted by molar-refractivity contribution is 0.649. The van der Waals surface area contributed by atoms with Gasteiger partial charge in [-0.2, -0.15) is 0 Å². The van der Waals surface area contributed by atoms with Gasteiger partial charge in [-0.1, -0.05) is 18.2 Å². The van der Waals surface area contributed by atoms with E-state index in [-0.39, 0.29) is 0 Å². The molecule has 2 nitrogen and oxygen atoms in total. The van der Waals surface area contributed by atoms with Gasteiger partial charge in [0.25, 0.3) is 0 Å². The fourth-order valence-corrected chi connectivity index (χ4v) is 2.11. The van der Waals surface area contributed by atoms with Gasteiger partial charge < -0.3 is 11.1 Å². The van der Waals surface area contributed by atoms with Crippen molar-refractivity contribution in [3.05, 3.63) is 30.3 Å². The summed E-state index contributed by atoms with van der Waals surface area (Å²) in [7, 11) is 0. The molecule has 15 heavy (non-hydrogen) atoms. The topological polar surface area (TPSA) is 38.0 Å². The molecular weight excluding hydrogens is 204 g/mol. The zero-order valence-electron chi connectivity index (χ0n) is 9.11. The molecule has 0 fully saturated rings. The summed E-state index contributed by atoms with van der Waals surface area (Å²) in [6.45, 7) is 2.97. The Morgan fingerprint density at radius 2 is 1.87 bits per heavy atom. The van der Waals surface area contributed by atoms with E-state index in [2.05, 4.69) is 35.6 Å². The molecule has 0 bridgehead atoms. The Morgan fingerprint density at radius 3 is 2.60 bits per heavy atom. The van der Waals surface area contributed by atoms with E-state index in [0.29, 0.717) is 0 Å². The summed E-state index contributed by atoms with van der Waals surface area (Å²) in [5.41, 5.74) is 5.41. The van der Waals surface area contributed by atoms with Gasteiger partial charge in [-0.3, -0.25) is 0 Å². The van der Waals surface area contributed by atoms with Gasteiger partial charge in [-0.05, 0) is 38.1 Å². The van der Waals surface area contributed by atoms with Gasteiger partial charge in [0, 0.05) is 17.2 Å². The van der Waals surface area contributed by atoms with E-state index >= 15 is 0 Å². The molecule has 0 atom stereocenters. The molecule has 0 aromatic heterocycles. The number of nitrogens with one attached hydrogen (secondary N) is 1. The van der Waals surface area contributed by atoms with Crippen LogP contribution in [0.3, 0.4) is 0 Å². The van der Waals surface area contributed by atoms with Crippen LogP contribution in [0.1, 0.15) is 12.8 Å². The smallest absolute Gasteiger partial charge is 0.0106 e. The van der Waals surface area contributed by atoms with Crippen molar-refractivity contribution in [3.8, 4) is 0 Å². The van der Waals surface area contributed by atoms with Gasteiger partial charge in [0.1, 0.15) is 0 Å². The Morgan fingerprint density at radius 1 is 1.07 bits per heavy atom. The standard InChI is InChI=1S/C12H20N2S/c13-8-4-5-9-14-10-11-15-12-6-2-1-3-7-12/h1-3,6-7,14H,4-5,8-11,13H2. The van der Waals surface area contributed by atoms with E-state index in [1.807, 2.05) is 11.8 Å². The van der Waals surface area contributed by atoms with Crippen LogP contribution >= 0.6 is 11.8 Å². The number of thioether (sulfide) groups is 1. The van der Waals surface area contributed by atoms with Crippen LogP contribution in [0, 0.1) is 0 Å². The SMILES string of the molecule is NCCCCNCCSc1ccccc1. The lowest BCUT2D eigenvalue weighted by Gasteiger charge is -2.03. The second-order valence-corrected chi connectivity index (χ2v) is 4.58. The first-order chi connectivity index (χ1) is 7.43. The minimum atomic E-state index is 0.806. The quantitative estimate of drug-likeness (QED) is 0.524. The van der Waals surface area contributed by atoms with Gasteiger partial charge in [0.15, 0.2) is 0 Å². The minimum Gasteiger partial charge on any atom is -0.330 e. The molecule has 0 amide bonds. The highest BCUT2D eigenvalue weighted by Gasteiger charge is 1.92. The molecule has 0 radical (unpaired) electrons. The Hall–Kier alpha value is -0.510. The van der Waals surface area contributed by atoms with Crippen molar-refractivity contribution < 1.29 is 0 Å². The average Bonchev–Trinajstić information content (AvgIpc) is 2.29. The summed E-state index contributed by atoms with van der Waals surface area (Å²) in [5, 5.41) is 3.41. The fraction of sp³-hybridized carbons (Fsp3) is 0.500. The van der Waals surface area contributed by atoms with Gasteiger partial charge in [0.2, 0.25) is 0 Å². The molecule has 1 aromatic rings. The third kappa shape index (κ3) is 6.55. The molecule has 3 N–H and O–H groups in total. The maximum atomic E-state index is 5.41. The van der Waals surface area contributed by atoms with Crippen LogP contribution in [0.2, 0.25) is 0 Å². The molecule has 1 rings (SSSR count). The highest BCUT2D eigenvalue weighted by molar-refractivity contribution is 7.99. The summed E-state index contributed by atoms with van der Waals surface area (Å²) in [4.78, 5) is 1.35. The number of nitrogens with two attached hydrogens (primary N) is 1. The molecule has 1 aromatic carbocycles. The second-order valence-electron chi connectivity index (χ2n) is 3.41. The van der Waals surface area contributed by atoms with Crippen LogP contribution in [0.4, 0.5) is 0 Å². The van der Waals surface area contributed by atoms with E-state index in [9.17, 15) is 0 Å². The van der Waals surface area contributed by atoms with Crippen LogP contribution in [0.15, 0.2) is 35.2 Å². The van der Waals surface area contributed by atoms with Crippen molar-refractivity contribution in [1.29, 1.82) is 0 Å². The predicted molar refractivity (Wildman–Crippen MR) is 68.3 cm³/mol. The molecule has 0 heterocycles. The zero-order chi connectivity index (χ0) is 10.8. The largest absolute Gasteiger partial charge is 0.330 e. The molecule has 3 heteroatoms. The number of benzene rings is 1. The van der Waals surface area contributed by atoms with E-state index in [1.165, 1.54) is 11.3 Å². The minimum absolute atomic E-state index is 0.806. The fourth-order valence-electron chi connectivity index (χ4n) is 1.28. The van der Waals surface area contributed by atoms with E-state index in [1.54, 1.807) is 0 Å². The van der Waals surface area contributed by atoms with Gasteiger partial charge in [0.05, 0.1) is 0 Å². The molecule has 0 spiro atoms. The van der Waals surface area contributed by atoms with Crippen molar-refractivity contribution in [1.82, 2.24) is 5.32 Å². The summed E-state index contributed by atoms with van der Waals surface area (Å²) in [6.07, 6.45) is 2.31. The third-order valence-electron chi connectivity index (χ3n) is 2.10. The van der Waals surface area contributed by atoms with Crippen molar-refractivity contribution in [2.45, 2.75) is 17.7 Å². The van der Waals surface area contributed by atoms with Crippen LogP contribution in [-0.4, -0.2) is 25.4 Å². The Bertz CT molecular complexity index is 239. The second kappa shape index (κ2) is 8.77. The number of hydrogen-bond acceptors (Lipinski definition) is 3. The molecule has 0 unspecified atom stereocenters. The monoisotopic (exact) mass is 224 g/mol. The maximum absolute atomic E-state index is 5.41.